The highest BCUT2D eigenvalue weighted by Crippen LogP contribution is 2.25. The van der Waals surface area contributed by atoms with Crippen LogP contribution >= 0.6 is 23.3 Å². The van der Waals surface area contributed by atoms with Crippen molar-refractivity contribution in [1.82, 2.24) is 14.5 Å². The fraction of sp³-hybridized carbons (Fsp3) is 0.692. The van der Waals surface area contributed by atoms with Crippen molar-refractivity contribution in [2.45, 2.75) is 31.4 Å². The Balaban J connectivity index is 1.90. The molecule has 6 nitrogen and oxygen atoms in total. The van der Waals surface area contributed by atoms with E-state index in [-0.39, 0.29) is 11.9 Å². The van der Waals surface area contributed by atoms with E-state index < -0.39 is 0 Å². The van der Waals surface area contributed by atoms with Crippen molar-refractivity contribution in [2.24, 2.45) is 0 Å². The predicted molar refractivity (Wildman–Crippen MR) is 82.7 cm³/mol. The van der Waals surface area contributed by atoms with E-state index in [4.69, 9.17) is 0 Å². The lowest BCUT2D eigenvalue weighted by Crippen LogP contribution is -2.29. The summed E-state index contributed by atoms with van der Waals surface area (Å²) < 4.78 is 8.53. The monoisotopic (exact) mass is 329 g/mol. The maximum atomic E-state index is 12.5. The Labute approximate surface area is 132 Å². The van der Waals surface area contributed by atoms with E-state index in [1.54, 1.807) is 11.8 Å². The second-order valence-corrected chi connectivity index (χ2v) is 6.89. The van der Waals surface area contributed by atoms with Crippen LogP contribution in [0.15, 0.2) is 0 Å². The van der Waals surface area contributed by atoms with Crippen LogP contribution in [0.2, 0.25) is 0 Å². The molecule has 1 aromatic heterocycles. The van der Waals surface area contributed by atoms with Gasteiger partial charge in [0.05, 0.1) is 18.6 Å². The van der Waals surface area contributed by atoms with E-state index in [1.165, 1.54) is 18.6 Å². The van der Waals surface area contributed by atoms with Gasteiger partial charge in [-0.2, -0.15) is 0 Å². The molecule has 1 aliphatic rings. The molecule has 0 aliphatic carbocycles. The summed E-state index contributed by atoms with van der Waals surface area (Å²) in [4.78, 5) is 26.1. The molecule has 0 unspecified atom stereocenters. The van der Waals surface area contributed by atoms with Gasteiger partial charge in [-0.25, -0.2) is 0 Å². The van der Waals surface area contributed by atoms with Crippen molar-refractivity contribution in [3.05, 3.63) is 10.6 Å². The summed E-state index contributed by atoms with van der Waals surface area (Å²) in [5.41, 5.74) is 0.804. The Hall–Kier alpha value is -1.15. The normalized spacial score (nSPS) is 18.0. The third-order valence-electron chi connectivity index (χ3n) is 3.33. The Morgan fingerprint density at radius 1 is 1.52 bits per heavy atom. The van der Waals surface area contributed by atoms with Crippen molar-refractivity contribution >= 4 is 35.2 Å². The van der Waals surface area contributed by atoms with E-state index in [1.807, 2.05) is 4.90 Å². The highest BCUT2D eigenvalue weighted by molar-refractivity contribution is 8.00. The van der Waals surface area contributed by atoms with Crippen LogP contribution in [0.3, 0.4) is 0 Å². The maximum absolute atomic E-state index is 12.5. The number of rotatable bonds is 6. The minimum Gasteiger partial charge on any atom is -0.468 e. The number of aryl methyl sites for hydroxylation is 1. The zero-order valence-electron chi connectivity index (χ0n) is 12.2. The summed E-state index contributed by atoms with van der Waals surface area (Å²) >= 11 is 2.73. The number of methoxy groups -OCH3 is 1. The molecule has 1 fully saturated rings. The third kappa shape index (κ3) is 4.16. The average molecular weight is 329 g/mol. The van der Waals surface area contributed by atoms with Gasteiger partial charge >= 0.3 is 5.97 Å². The Kier molecular flexibility index (Phi) is 5.98. The highest BCUT2D eigenvalue weighted by atomic mass is 32.2. The van der Waals surface area contributed by atoms with Crippen molar-refractivity contribution < 1.29 is 14.3 Å². The summed E-state index contributed by atoms with van der Waals surface area (Å²) in [7, 11) is 1.39. The zero-order valence-corrected chi connectivity index (χ0v) is 13.8. The van der Waals surface area contributed by atoms with E-state index in [2.05, 4.69) is 21.2 Å². The second kappa shape index (κ2) is 7.74. The lowest BCUT2D eigenvalue weighted by atomic mass is 10.2. The van der Waals surface area contributed by atoms with Crippen LogP contribution in [0.4, 0.5) is 0 Å². The van der Waals surface area contributed by atoms with E-state index >= 15 is 0 Å². The summed E-state index contributed by atoms with van der Waals surface area (Å²) in [6.45, 7) is 3.45. The summed E-state index contributed by atoms with van der Waals surface area (Å²) in [5, 5.41) is 4.34. The molecule has 1 aliphatic heterocycles. The minimum atomic E-state index is -0.221. The first-order valence-electron chi connectivity index (χ1n) is 6.94. The van der Waals surface area contributed by atoms with E-state index in [0.29, 0.717) is 22.4 Å². The molecule has 0 radical (unpaired) electrons. The molecule has 1 aromatic rings. The highest BCUT2D eigenvalue weighted by Gasteiger charge is 2.30. The van der Waals surface area contributed by atoms with Gasteiger partial charge in [-0.05, 0) is 24.4 Å². The molecule has 1 atom stereocenters. The molecule has 116 valence electrons. The van der Waals surface area contributed by atoms with Gasteiger partial charge in [0.15, 0.2) is 0 Å². The number of ether oxygens (including phenoxy) is 1. The Morgan fingerprint density at radius 2 is 2.33 bits per heavy atom. The van der Waals surface area contributed by atoms with Gasteiger partial charge < -0.3 is 9.64 Å². The number of hydrogen-bond donors (Lipinski definition) is 0. The quantitative estimate of drug-likeness (QED) is 0.738. The van der Waals surface area contributed by atoms with Crippen LogP contribution in [0.5, 0.6) is 0 Å². The van der Waals surface area contributed by atoms with Gasteiger partial charge in [0.2, 0.25) is 0 Å². The molecule has 0 aromatic carbocycles. The lowest BCUT2D eigenvalue weighted by molar-refractivity contribution is -0.137. The maximum Gasteiger partial charge on any atom is 0.315 e. The topological polar surface area (TPSA) is 72.4 Å². The van der Waals surface area contributed by atoms with E-state index in [0.717, 1.165) is 31.5 Å². The molecular formula is C13H19N3O3S2. The van der Waals surface area contributed by atoms with Gasteiger partial charge in [0.25, 0.3) is 5.91 Å². The van der Waals surface area contributed by atoms with Crippen LogP contribution in [0.25, 0.3) is 0 Å². The number of aromatic nitrogens is 2. The predicted octanol–water partition coefficient (Wildman–Crippen LogP) is 1.61. The fourth-order valence-corrected chi connectivity index (χ4v) is 3.93. The van der Waals surface area contributed by atoms with E-state index in [9.17, 15) is 9.59 Å². The number of likely N-dealkylation sites (tertiary alicyclic amines) is 1. The summed E-state index contributed by atoms with van der Waals surface area (Å²) in [5.74, 6) is 0.142. The van der Waals surface area contributed by atoms with Crippen molar-refractivity contribution in [3.63, 3.8) is 0 Å². The summed E-state index contributed by atoms with van der Waals surface area (Å²) in [6, 6.07) is 0. The number of nitrogens with zero attached hydrogens (tertiary/aromatic N) is 3. The van der Waals surface area contributed by atoms with Gasteiger partial charge in [0.1, 0.15) is 4.88 Å². The molecule has 2 heterocycles. The third-order valence-corrected chi connectivity index (χ3v) is 5.35. The number of thioether (sulfide) groups is 1. The van der Waals surface area contributed by atoms with Crippen LogP contribution < -0.4 is 0 Å². The van der Waals surface area contributed by atoms with Gasteiger partial charge in [0, 0.05) is 18.3 Å². The molecule has 1 saturated heterocycles. The number of amides is 1. The first-order chi connectivity index (χ1) is 10.2. The molecule has 0 spiro atoms. The molecule has 0 N–H and O–H groups in total. The zero-order chi connectivity index (χ0) is 15.2. The van der Waals surface area contributed by atoms with Crippen LogP contribution in [-0.2, 0) is 16.0 Å². The first kappa shape index (κ1) is 16.2. The Morgan fingerprint density at radius 3 is 3.05 bits per heavy atom. The van der Waals surface area contributed by atoms with Crippen molar-refractivity contribution in [2.75, 3.05) is 26.0 Å². The van der Waals surface area contributed by atoms with Gasteiger partial charge in [-0.1, -0.05) is 17.8 Å². The van der Waals surface area contributed by atoms with Crippen LogP contribution in [0, 0.1) is 0 Å². The molecule has 8 heteroatoms. The molecule has 0 saturated carbocycles. The largest absolute Gasteiger partial charge is 0.468 e. The summed E-state index contributed by atoms with van der Waals surface area (Å²) in [6.07, 6.45) is 2.64. The smallest absolute Gasteiger partial charge is 0.315 e. The van der Waals surface area contributed by atoms with Gasteiger partial charge in [-0.3, -0.25) is 9.59 Å². The molecule has 21 heavy (non-hydrogen) atoms. The minimum absolute atomic E-state index is 0.0228. The van der Waals surface area contributed by atoms with Gasteiger partial charge in [-0.15, -0.1) is 16.9 Å². The number of carbonyl (C=O) groups is 2. The molecule has 0 bridgehead atoms. The number of hydrogen-bond acceptors (Lipinski definition) is 7. The van der Waals surface area contributed by atoms with Crippen LogP contribution in [-0.4, -0.2) is 57.6 Å². The van der Waals surface area contributed by atoms with Crippen LogP contribution in [0.1, 0.15) is 35.1 Å². The van der Waals surface area contributed by atoms with Crippen molar-refractivity contribution in [3.8, 4) is 0 Å². The Bertz CT molecular complexity index is 507. The average Bonchev–Trinajstić information content (AvgIpc) is 3.13. The standard InChI is InChI=1S/C13H19N3O3S2/c1-3-4-10-12(21-15-14-10)13(18)16-6-5-9(7-16)20-8-11(17)19-2/h9H,3-8H2,1-2H3/t9-/m1/s1. The second-order valence-electron chi connectivity index (χ2n) is 4.85. The lowest BCUT2D eigenvalue weighted by Gasteiger charge is -2.15. The molecular weight excluding hydrogens is 310 g/mol. The van der Waals surface area contributed by atoms with Crippen molar-refractivity contribution in [1.29, 1.82) is 0 Å². The molecule has 1 amide bonds. The fourth-order valence-electron chi connectivity index (χ4n) is 2.21. The number of carbonyl (C=O) groups excluding carboxylic acids is 2. The number of esters is 1. The SMILES string of the molecule is CCCc1nnsc1C(=O)N1CC[C@@H](SCC(=O)OC)C1. The first-order valence-corrected chi connectivity index (χ1v) is 8.76. The molecule has 2 rings (SSSR count).